The van der Waals surface area contributed by atoms with Crippen molar-refractivity contribution in [3.05, 3.63) is 0 Å². The molecule has 0 aromatic carbocycles. The number of carbonyl (C=O) groups excluding carboxylic acids is 2. The summed E-state index contributed by atoms with van der Waals surface area (Å²) in [6.07, 6.45) is 4.79. The van der Waals surface area contributed by atoms with Gasteiger partial charge in [0.05, 0.1) is 5.71 Å². The van der Waals surface area contributed by atoms with Crippen molar-refractivity contribution in [2.45, 2.75) is 43.7 Å². The summed E-state index contributed by atoms with van der Waals surface area (Å²) in [5.74, 6) is -1.06. The highest BCUT2D eigenvalue weighted by molar-refractivity contribution is 8.01. The van der Waals surface area contributed by atoms with Gasteiger partial charge >= 0.3 is 5.91 Å². The van der Waals surface area contributed by atoms with E-state index in [4.69, 9.17) is 16.4 Å². The van der Waals surface area contributed by atoms with Crippen molar-refractivity contribution in [3.63, 3.8) is 0 Å². The molecule has 0 spiro atoms. The van der Waals surface area contributed by atoms with Gasteiger partial charge in [-0.2, -0.15) is 0 Å². The molecule has 108 valence electrons. The van der Waals surface area contributed by atoms with Gasteiger partial charge in [0.1, 0.15) is 7.11 Å². The molecule has 0 N–H and O–H groups in total. The largest absolute Gasteiger partial charge is 0.399 e. The molecule has 0 radical (unpaired) electrons. The highest BCUT2D eigenvalue weighted by Crippen LogP contribution is 2.29. The first-order valence-electron chi connectivity index (χ1n) is 6.35. The molecule has 0 bridgehead atoms. The van der Waals surface area contributed by atoms with Gasteiger partial charge in [0.15, 0.2) is 4.71 Å². The van der Waals surface area contributed by atoms with Crippen LogP contribution in [-0.2, 0) is 14.4 Å². The lowest BCUT2D eigenvalue weighted by molar-refractivity contribution is -0.138. The van der Waals surface area contributed by atoms with Gasteiger partial charge in [0.25, 0.3) is 5.78 Å². The zero-order valence-electron chi connectivity index (χ0n) is 11.2. The van der Waals surface area contributed by atoms with Gasteiger partial charge in [-0.25, -0.2) is 0 Å². The van der Waals surface area contributed by atoms with Crippen molar-refractivity contribution < 1.29 is 14.4 Å². The van der Waals surface area contributed by atoms with Gasteiger partial charge in [-0.15, -0.1) is 0 Å². The molecule has 0 aromatic rings. The maximum absolute atomic E-state index is 11.5. The number of unbranched alkanes of at least 4 members (excludes halogenated alkanes) is 2. The lowest BCUT2D eigenvalue weighted by Gasteiger charge is -2.13. The van der Waals surface area contributed by atoms with Crippen LogP contribution in [0.3, 0.4) is 0 Å². The van der Waals surface area contributed by atoms with E-state index < -0.39 is 16.4 Å². The van der Waals surface area contributed by atoms with E-state index in [2.05, 4.69) is 12.1 Å². The molecule has 1 fully saturated rings. The molecule has 1 saturated heterocycles. The Hall–Kier alpha value is -0.750. The molecule has 0 aliphatic carbocycles. The van der Waals surface area contributed by atoms with Crippen molar-refractivity contribution in [1.29, 1.82) is 0 Å². The van der Waals surface area contributed by atoms with E-state index in [1.165, 1.54) is 11.4 Å². The minimum atomic E-state index is -0.782. The van der Waals surface area contributed by atoms with Gasteiger partial charge in [-0.1, -0.05) is 36.5 Å². The predicted molar refractivity (Wildman–Crippen MR) is 77.2 cm³/mol. The van der Waals surface area contributed by atoms with Gasteiger partial charge in [0, 0.05) is 13.0 Å². The molecule has 1 atom stereocenters. The number of carbonyl (C=O) groups is 2. The zero-order valence-corrected chi connectivity index (χ0v) is 12.8. The fourth-order valence-electron chi connectivity index (χ4n) is 1.74. The quantitative estimate of drug-likeness (QED) is 0.173. The standard InChI is InChI=1S/C12H19ClN2O3S/c1-3-4-5-6-9(14-18-2)7-8-15-12(17)10(16)11(13)19-15/h11H,3-8H2,1-2H3/b14-9-. The van der Waals surface area contributed by atoms with Crippen LogP contribution in [0, 0.1) is 0 Å². The van der Waals surface area contributed by atoms with Crippen LogP contribution in [0.5, 0.6) is 0 Å². The van der Waals surface area contributed by atoms with Gasteiger partial charge < -0.3 is 4.84 Å². The minimum Gasteiger partial charge on any atom is -0.399 e. The molecule has 7 heteroatoms. The number of hydrogen-bond acceptors (Lipinski definition) is 5. The van der Waals surface area contributed by atoms with Crippen LogP contribution in [0.4, 0.5) is 0 Å². The zero-order chi connectivity index (χ0) is 14.3. The first-order valence-corrected chi connectivity index (χ1v) is 7.62. The molecule has 1 aliphatic heterocycles. The average Bonchev–Trinajstić information content (AvgIpc) is 2.64. The van der Waals surface area contributed by atoms with Crippen LogP contribution in [0.15, 0.2) is 5.16 Å². The maximum atomic E-state index is 11.5. The summed E-state index contributed by atoms with van der Waals surface area (Å²) in [6, 6.07) is 0. The molecule has 1 heterocycles. The summed E-state index contributed by atoms with van der Waals surface area (Å²) in [7, 11) is 1.51. The van der Waals surface area contributed by atoms with Crippen molar-refractivity contribution in [3.8, 4) is 0 Å². The summed E-state index contributed by atoms with van der Waals surface area (Å²) >= 11 is 6.80. The SMILES string of the molecule is CCCCC/C(CCN1SC(Cl)C(=O)C1=O)=N/OC. The van der Waals surface area contributed by atoms with Crippen LogP contribution in [-0.4, -0.2) is 40.1 Å². The summed E-state index contributed by atoms with van der Waals surface area (Å²) in [5, 5.41) is 3.97. The molecule has 1 amide bonds. The average molecular weight is 307 g/mol. The van der Waals surface area contributed by atoms with Crippen LogP contribution in [0.2, 0.25) is 0 Å². The first-order chi connectivity index (χ1) is 9.10. The molecule has 19 heavy (non-hydrogen) atoms. The second-order valence-corrected chi connectivity index (χ2v) is 6.06. The fraction of sp³-hybridized carbons (Fsp3) is 0.750. The summed E-state index contributed by atoms with van der Waals surface area (Å²) in [5.41, 5.74) is 0.912. The van der Waals surface area contributed by atoms with Crippen LogP contribution < -0.4 is 0 Å². The number of oxime groups is 1. The summed E-state index contributed by atoms with van der Waals surface area (Å²) < 4.78 is 0.626. The van der Waals surface area contributed by atoms with Crippen LogP contribution in [0.1, 0.15) is 39.0 Å². The van der Waals surface area contributed by atoms with E-state index in [-0.39, 0.29) is 0 Å². The Labute approximate surface area is 122 Å². The van der Waals surface area contributed by atoms with Crippen LogP contribution in [0.25, 0.3) is 0 Å². The van der Waals surface area contributed by atoms with Crippen molar-refractivity contribution in [1.82, 2.24) is 4.31 Å². The van der Waals surface area contributed by atoms with Crippen molar-refractivity contribution >= 4 is 41.0 Å². The normalized spacial score (nSPS) is 20.3. The third-order valence-corrected chi connectivity index (χ3v) is 4.20. The van der Waals surface area contributed by atoms with Gasteiger partial charge in [-0.05, 0) is 24.8 Å². The third-order valence-electron chi connectivity index (χ3n) is 2.76. The minimum absolute atomic E-state index is 0.437. The molecule has 1 rings (SSSR count). The molecule has 5 nitrogen and oxygen atoms in total. The Morgan fingerprint density at radius 3 is 2.68 bits per heavy atom. The molecular weight excluding hydrogens is 288 g/mol. The number of alkyl halides is 1. The monoisotopic (exact) mass is 306 g/mol. The Kier molecular flexibility index (Phi) is 7.23. The Balaban J connectivity index is 2.42. The highest BCUT2D eigenvalue weighted by Gasteiger charge is 2.38. The number of ketones is 1. The summed E-state index contributed by atoms with van der Waals surface area (Å²) in [4.78, 5) is 27.6. The predicted octanol–water partition coefficient (Wildman–Crippen LogP) is 2.58. The van der Waals surface area contributed by atoms with E-state index in [1.54, 1.807) is 0 Å². The topological polar surface area (TPSA) is 59.0 Å². The molecule has 0 saturated carbocycles. The van der Waals surface area contributed by atoms with Crippen molar-refractivity contribution in [2.24, 2.45) is 5.16 Å². The van der Waals surface area contributed by atoms with E-state index in [9.17, 15) is 9.59 Å². The van der Waals surface area contributed by atoms with E-state index in [0.29, 0.717) is 13.0 Å². The Morgan fingerprint density at radius 2 is 2.16 bits per heavy atom. The number of halogens is 1. The molecule has 1 aliphatic rings. The van der Waals surface area contributed by atoms with Crippen LogP contribution >= 0.6 is 23.5 Å². The third kappa shape index (κ3) is 5.03. The number of Topliss-reactive ketones (excluding diaryl/α,β-unsaturated/α-hetero) is 1. The molecule has 1 unspecified atom stereocenters. The Morgan fingerprint density at radius 1 is 1.42 bits per heavy atom. The highest BCUT2D eigenvalue weighted by atomic mass is 35.5. The molecular formula is C12H19ClN2O3S. The van der Waals surface area contributed by atoms with E-state index in [1.807, 2.05) is 0 Å². The number of hydrogen-bond donors (Lipinski definition) is 0. The smallest absolute Gasteiger partial charge is 0.302 e. The molecule has 0 aromatic heterocycles. The Bertz CT molecular complexity index is 363. The lowest BCUT2D eigenvalue weighted by atomic mass is 10.1. The van der Waals surface area contributed by atoms with Gasteiger partial charge in [0.2, 0.25) is 0 Å². The maximum Gasteiger partial charge on any atom is 0.302 e. The number of amides is 1. The number of nitrogens with zero attached hydrogens (tertiary/aromatic N) is 2. The first kappa shape index (κ1) is 16.3. The van der Waals surface area contributed by atoms with E-state index in [0.717, 1.165) is 43.3 Å². The van der Waals surface area contributed by atoms with Crippen molar-refractivity contribution in [2.75, 3.05) is 13.7 Å². The second-order valence-electron chi connectivity index (χ2n) is 4.24. The number of rotatable bonds is 8. The van der Waals surface area contributed by atoms with E-state index >= 15 is 0 Å². The van der Waals surface area contributed by atoms with Gasteiger partial charge in [-0.3, -0.25) is 13.9 Å². The summed E-state index contributed by atoms with van der Waals surface area (Å²) in [6.45, 7) is 2.58. The second kappa shape index (κ2) is 8.43. The fourth-order valence-corrected chi connectivity index (χ4v) is 2.92. The lowest BCUT2D eigenvalue weighted by Crippen LogP contribution is -2.26.